The Morgan fingerprint density at radius 2 is 2.15 bits per heavy atom. The van der Waals surface area contributed by atoms with E-state index in [-0.39, 0.29) is 11.8 Å². The maximum Gasteiger partial charge on any atom is 0.253 e. The highest BCUT2D eigenvalue weighted by Gasteiger charge is 2.41. The number of halogens is 1. The van der Waals surface area contributed by atoms with E-state index in [9.17, 15) is 9.59 Å². The first kappa shape index (κ1) is 14.8. The molecular formula is C14H18BrN3O2. The number of nitrogens with one attached hydrogen (secondary N) is 1. The van der Waals surface area contributed by atoms with Crippen molar-refractivity contribution in [1.82, 2.24) is 10.2 Å². The molecule has 2 rings (SSSR count). The molecule has 108 valence electrons. The molecule has 1 heterocycles. The van der Waals surface area contributed by atoms with Crippen LogP contribution in [0.2, 0.25) is 0 Å². The SMILES string of the molecule is CNC(=O)C1(C)CCN(C(=O)c2ccc(Br)c(N)c2)C1. The molecule has 5 nitrogen and oxygen atoms in total. The maximum absolute atomic E-state index is 12.4. The average molecular weight is 340 g/mol. The number of nitrogens with zero attached hydrogens (tertiary/aromatic N) is 1. The van der Waals surface area contributed by atoms with E-state index in [1.165, 1.54) is 0 Å². The van der Waals surface area contributed by atoms with E-state index in [1.54, 1.807) is 30.1 Å². The van der Waals surface area contributed by atoms with Gasteiger partial charge in [0.05, 0.1) is 5.41 Å². The highest BCUT2D eigenvalue weighted by molar-refractivity contribution is 9.10. The van der Waals surface area contributed by atoms with Crippen molar-refractivity contribution in [3.8, 4) is 0 Å². The van der Waals surface area contributed by atoms with E-state index in [2.05, 4.69) is 21.2 Å². The summed E-state index contributed by atoms with van der Waals surface area (Å²) >= 11 is 3.31. The number of nitrogens with two attached hydrogens (primary N) is 1. The van der Waals surface area contributed by atoms with E-state index in [4.69, 9.17) is 5.73 Å². The number of anilines is 1. The summed E-state index contributed by atoms with van der Waals surface area (Å²) in [5, 5.41) is 2.66. The summed E-state index contributed by atoms with van der Waals surface area (Å²) in [4.78, 5) is 26.0. The van der Waals surface area contributed by atoms with Crippen LogP contribution in [0.3, 0.4) is 0 Å². The van der Waals surface area contributed by atoms with Crippen LogP contribution in [-0.4, -0.2) is 36.9 Å². The molecule has 1 fully saturated rings. The summed E-state index contributed by atoms with van der Waals surface area (Å²) < 4.78 is 0.769. The second-order valence-corrected chi connectivity index (χ2v) is 6.21. The minimum absolute atomic E-state index is 0.0249. The van der Waals surface area contributed by atoms with Crippen LogP contribution >= 0.6 is 15.9 Å². The Bertz CT molecular complexity index is 561. The number of rotatable bonds is 2. The molecule has 0 aromatic heterocycles. The van der Waals surface area contributed by atoms with Gasteiger partial charge in [-0.2, -0.15) is 0 Å². The summed E-state index contributed by atoms with van der Waals surface area (Å²) in [5.74, 6) is -0.111. The van der Waals surface area contributed by atoms with Gasteiger partial charge in [0.15, 0.2) is 0 Å². The van der Waals surface area contributed by atoms with Crippen LogP contribution in [0.1, 0.15) is 23.7 Å². The summed E-state index contributed by atoms with van der Waals surface area (Å²) in [5.41, 5.74) is 6.37. The molecule has 0 spiro atoms. The maximum atomic E-state index is 12.4. The lowest BCUT2D eigenvalue weighted by atomic mass is 9.89. The summed E-state index contributed by atoms with van der Waals surface area (Å²) in [6.07, 6.45) is 0.671. The van der Waals surface area contributed by atoms with Crippen LogP contribution < -0.4 is 11.1 Å². The van der Waals surface area contributed by atoms with Gasteiger partial charge in [0.1, 0.15) is 0 Å². The van der Waals surface area contributed by atoms with Crippen molar-refractivity contribution < 1.29 is 9.59 Å². The third kappa shape index (κ3) is 2.65. The van der Waals surface area contributed by atoms with E-state index in [1.807, 2.05) is 6.92 Å². The second-order valence-electron chi connectivity index (χ2n) is 5.35. The van der Waals surface area contributed by atoms with Crippen LogP contribution in [-0.2, 0) is 4.79 Å². The molecule has 1 aliphatic heterocycles. The standard InChI is InChI=1S/C14H18BrN3O2/c1-14(13(20)17-2)5-6-18(8-14)12(19)9-3-4-10(15)11(16)7-9/h3-4,7H,5-6,8,16H2,1-2H3,(H,17,20). The number of nitrogen functional groups attached to an aromatic ring is 1. The average Bonchev–Trinajstić information content (AvgIpc) is 2.84. The minimum atomic E-state index is -0.509. The molecule has 1 aliphatic rings. The van der Waals surface area contributed by atoms with Gasteiger partial charge in [-0.25, -0.2) is 0 Å². The monoisotopic (exact) mass is 339 g/mol. The molecule has 0 saturated carbocycles. The van der Waals surface area contributed by atoms with Crippen molar-refractivity contribution >= 4 is 33.4 Å². The van der Waals surface area contributed by atoms with Crippen LogP contribution in [0.4, 0.5) is 5.69 Å². The number of benzene rings is 1. The fraction of sp³-hybridized carbons (Fsp3) is 0.429. The smallest absolute Gasteiger partial charge is 0.253 e. The third-order valence-corrected chi connectivity index (χ3v) is 4.50. The second kappa shape index (κ2) is 5.44. The molecule has 0 radical (unpaired) electrons. The largest absolute Gasteiger partial charge is 0.398 e. The first-order chi connectivity index (χ1) is 9.37. The van der Waals surface area contributed by atoms with Gasteiger partial charge in [0, 0.05) is 35.9 Å². The lowest BCUT2D eigenvalue weighted by Gasteiger charge is -2.22. The Labute approximate surface area is 126 Å². The zero-order valence-electron chi connectivity index (χ0n) is 11.6. The summed E-state index contributed by atoms with van der Waals surface area (Å²) in [6.45, 7) is 2.90. The third-order valence-electron chi connectivity index (χ3n) is 3.78. The van der Waals surface area contributed by atoms with Gasteiger partial charge in [-0.15, -0.1) is 0 Å². The van der Waals surface area contributed by atoms with E-state index < -0.39 is 5.41 Å². The Hall–Kier alpha value is -1.56. The first-order valence-electron chi connectivity index (χ1n) is 6.44. The number of likely N-dealkylation sites (tertiary alicyclic amines) is 1. The van der Waals surface area contributed by atoms with Crippen LogP contribution in [0, 0.1) is 5.41 Å². The Balaban J connectivity index is 2.15. The van der Waals surface area contributed by atoms with Crippen molar-refractivity contribution in [2.75, 3.05) is 25.9 Å². The zero-order valence-corrected chi connectivity index (χ0v) is 13.2. The molecule has 2 amide bonds. The molecule has 1 saturated heterocycles. The molecule has 1 atom stereocenters. The van der Waals surface area contributed by atoms with Gasteiger partial charge in [-0.05, 0) is 47.5 Å². The minimum Gasteiger partial charge on any atom is -0.398 e. The van der Waals surface area contributed by atoms with Gasteiger partial charge in [-0.3, -0.25) is 9.59 Å². The Morgan fingerprint density at radius 1 is 1.45 bits per heavy atom. The number of amides is 2. The van der Waals surface area contributed by atoms with Crippen molar-refractivity contribution in [1.29, 1.82) is 0 Å². The van der Waals surface area contributed by atoms with Crippen LogP contribution in [0.5, 0.6) is 0 Å². The van der Waals surface area contributed by atoms with E-state index in [0.29, 0.717) is 30.8 Å². The van der Waals surface area contributed by atoms with E-state index >= 15 is 0 Å². The van der Waals surface area contributed by atoms with Crippen molar-refractivity contribution in [3.63, 3.8) is 0 Å². The molecule has 1 aromatic carbocycles. The predicted molar refractivity (Wildman–Crippen MR) is 81.2 cm³/mol. The van der Waals surface area contributed by atoms with Crippen molar-refractivity contribution in [2.24, 2.45) is 5.41 Å². The lowest BCUT2D eigenvalue weighted by molar-refractivity contribution is -0.128. The first-order valence-corrected chi connectivity index (χ1v) is 7.23. The normalized spacial score (nSPS) is 21.9. The molecule has 6 heteroatoms. The van der Waals surface area contributed by atoms with Gasteiger partial charge >= 0.3 is 0 Å². The molecule has 0 bridgehead atoms. The molecule has 1 aromatic rings. The number of hydrogen-bond donors (Lipinski definition) is 2. The topological polar surface area (TPSA) is 75.4 Å². The van der Waals surface area contributed by atoms with Crippen molar-refractivity contribution in [3.05, 3.63) is 28.2 Å². The van der Waals surface area contributed by atoms with Gasteiger partial charge in [-0.1, -0.05) is 0 Å². The molecule has 3 N–H and O–H groups in total. The molecule has 0 aliphatic carbocycles. The Morgan fingerprint density at radius 3 is 2.75 bits per heavy atom. The molecule has 1 unspecified atom stereocenters. The molecule has 20 heavy (non-hydrogen) atoms. The van der Waals surface area contributed by atoms with Crippen LogP contribution in [0.25, 0.3) is 0 Å². The zero-order chi connectivity index (χ0) is 14.9. The summed E-state index contributed by atoms with van der Waals surface area (Å²) in [7, 11) is 1.62. The van der Waals surface area contributed by atoms with Gasteiger partial charge < -0.3 is 16.0 Å². The molecular weight excluding hydrogens is 322 g/mol. The quantitative estimate of drug-likeness (QED) is 0.804. The van der Waals surface area contributed by atoms with Gasteiger partial charge in [0.25, 0.3) is 5.91 Å². The van der Waals surface area contributed by atoms with Crippen LogP contribution in [0.15, 0.2) is 22.7 Å². The van der Waals surface area contributed by atoms with E-state index in [0.717, 1.165) is 4.47 Å². The number of hydrogen-bond acceptors (Lipinski definition) is 3. The fourth-order valence-electron chi connectivity index (χ4n) is 2.48. The van der Waals surface area contributed by atoms with Crippen molar-refractivity contribution in [2.45, 2.75) is 13.3 Å². The highest BCUT2D eigenvalue weighted by Crippen LogP contribution is 2.31. The number of carbonyl (C=O) groups is 2. The fourth-order valence-corrected chi connectivity index (χ4v) is 2.73. The predicted octanol–water partition coefficient (Wildman–Crippen LogP) is 1.63. The lowest BCUT2D eigenvalue weighted by Crippen LogP contribution is -2.40. The number of carbonyl (C=O) groups excluding carboxylic acids is 2. The summed E-state index contributed by atoms with van der Waals surface area (Å²) in [6, 6.07) is 5.15. The van der Waals surface area contributed by atoms with Gasteiger partial charge in [0.2, 0.25) is 5.91 Å². The Kier molecular flexibility index (Phi) is 4.04. The highest BCUT2D eigenvalue weighted by atomic mass is 79.9.